The molecule has 0 spiro atoms. The molecule has 0 fully saturated rings. The van der Waals surface area contributed by atoms with E-state index in [9.17, 15) is 17.2 Å². The van der Waals surface area contributed by atoms with Crippen molar-refractivity contribution >= 4 is 15.7 Å². The van der Waals surface area contributed by atoms with E-state index in [-0.39, 0.29) is 13.0 Å². The number of hydrogen-bond acceptors (Lipinski definition) is 3. The van der Waals surface area contributed by atoms with Crippen molar-refractivity contribution in [3.8, 4) is 0 Å². The average molecular weight is 251 g/mol. The quantitative estimate of drug-likeness (QED) is 0.823. The van der Waals surface area contributed by atoms with Crippen molar-refractivity contribution in [2.45, 2.75) is 6.42 Å². The maximum absolute atomic E-state index is 13.1. The Labute approximate surface area is 92.0 Å². The van der Waals surface area contributed by atoms with Crippen LogP contribution < -0.4 is 4.72 Å². The lowest BCUT2D eigenvalue weighted by molar-refractivity contribution is 0.295. The fourth-order valence-corrected chi connectivity index (χ4v) is 2.17. The predicted molar refractivity (Wildman–Crippen MR) is 55.5 cm³/mol. The van der Waals surface area contributed by atoms with Gasteiger partial charge in [0.2, 0.25) is 10.0 Å². The molecule has 0 radical (unpaired) electrons. The molecule has 7 heteroatoms. The minimum absolute atomic E-state index is 0.00536. The van der Waals surface area contributed by atoms with Crippen LogP contribution in [-0.4, -0.2) is 25.9 Å². The SMILES string of the molecule is O=S(=O)(CCCO)Nc1c(F)cccc1F. The summed E-state index contributed by atoms with van der Waals surface area (Å²) in [5, 5.41) is 8.46. The summed E-state index contributed by atoms with van der Waals surface area (Å²) >= 11 is 0. The van der Waals surface area contributed by atoms with Crippen LogP contribution in [0.3, 0.4) is 0 Å². The molecular formula is C9H11F2NO3S. The normalized spacial score (nSPS) is 11.4. The van der Waals surface area contributed by atoms with Gasteiger partial charge in [0.15, 0.2) is 0 Å². The van der Waals surface area contributed by atoms with Gasteiger partial charge in [-0.2, -0.15) is 0 Å². The van der Waals surface area contributed by atoms with Crippen LogP contribution in [0, 0.1) is 11.6 Å². The van der Waals surface area contributed by atoms with E-state index in [4.69, 9.17) is 5.11 Å². The van der Waals surface area contributed by atoms with Crippen LogP contribution in [0.2, 0.25) is 0 Å². The van der Waals surface area contributed by atoms with Crippen LogP contribution in [0.1, 0.15) is 6.42 Å². The number of nitrogens with one attached hydrogen (secondary N) is 1. The zero-order valence-electron chi connectivity index (χ0n) is 8.28. The number of benzene rings is 1. The fourth-order valence-electron chi connectivity index (χ4n) is 1.06. The Kier molecular flexibility index (Phi) is 4.19. The number of aliphatic hydroxyl groups is 1. The summed E-state index contributed by atoms with van der Waals surface area (Å²) in [6.07, 6.45) is 0.00536. The third-order valence-corrected chi connectivity index (χ3v) is 3.13. The summed E-state index contributed by atoms with van der Waals surface area (Å²) in [6, 6.07) is 3.04. The highest BCUT2D eigenvalue weighted by molar-refractivity contribution is 7.92. The number of halogens is 2. The van der Waals surface area contributed by atoms with Gasteiger partial charge in [-0.05, 0) is 18.6 Å². The van der Waals surface area contributed by atoms with E-state index in [0.717, 1.165) is 18.2 Å². The number of sulfonamides is 1. The molecule has 0 aliphatic rings. The highest BCUT2D eigenvalue weighted by Gasteiger charge is 2.15. The first kappa shape index (κ1) is 12.9. The van der Waals surface area contributed by atoms with Crippen molar-refractivity contribution in [1.82, 2.24) is 0 Å². The molecule has 1 rings (SSSR count). The molecule has 0 aromatic heterocycles. The van der Waals surface area contributed by atoms with Gasteiger partial charge in [-0.25, -0.2) is 17.2 Å². The van der Waals surface area contributed by atoms with Crippen LogP contribution >= 0.6 is 0 Å². The van der Waals surface area contributed by atoms with Crippen molar-refractivity contribution in [1.29, 1.82) is 0 Å². The molecule has 0 bridgehead atoms. The van der Waals surface area contributed by atoms with E-state index in [1.165, 1.54) is 0 Å². The van der Waals surface area contributed by atoms with E-state index in [1.54, 1.807) is 4.72 Å². The molecule has 0 saturated heterocycles. The Morgan fingerprint density at radius 3 is 2.31 bits per heavy atom. The molecule has 0 atom stereocenters. The van der Waals surface area contributed by atoms with Gasteiger partial charge in [0, 0.05) is 6.61 Å². The molecule has 16 heavy (non-hydrogen) atoms. The van der Waals surface area contributed by atoms with Gasteiger partial charge in [-0.1, -0.05) is 6.07 Å². The van der Waals surface area contributed by atoms with E-state index in [0.29, 0.717) is 0 Å². The standard InChI is InChI=1S/C9H11F2NO3S/c10-7-3-1-4-8(11)9(7)12-16(14,15)6-2-5-13/h1,3-4,12-13H,2,5-6H2. The maximum atomic E-state index is 13.1. The van der Waals surface area contributed by atoms with E-state index in [1.807, 2.05) is 0 Å². The molecule has 4 nitrogen and oxygen atoms in total. The summed E-state index contributed by atoms with van der Waals surface area (Å²) in [4.78, 5) is 0. The predicted octanol–water partition coefficient (Wildman–Crippen LogP) is 1.09. The number of hydrogen-bond donors (Lipinski definition) is 2. The summed E-state index contributed by atoms with van der Waals surface area (Å²) in [7, 11) is -3.83. The van der Waals surface area contributed by atoms with Gasteiger partial charge >= 0.3 is 0 Å². The Morgan fingerprint density at radius 1 is 1.25 bits per heavy atom. The third-order valence-electron chi connectivity index (χ3n) is 1.79. The number of aliphatic hydroxyl groups excluding tert-OH is 1. The molecule has 0 amide bonds. The lowest BCUT2D eigenvalue weighted by Gasteiger charge is -2.08. The van der Waals surface area contributed by atoms with Crippen molar-refractivity contribution in [3.05, 3.63) is 29.8 Å². The first-order valence-electron chi connectivity index (χ1n) is 4.51. The fraction of sp³-hybridized carbons (Fsp3) is 0.333. The second-order valence-electron chi connectivity index (χ2n) is 3.09. The second kappa shape index (κ2) is 5.22. The monoisotopic (exact) mass is 251 g/mol. The average Bonchev–Trinajstić information content (AvgIpc) is 2.21. The van der Waals surface area contributed by atoms with Gasteiger partial charge in [0.1, 0.15) is 17.3 Å². The summed E-state index contributed by atoms with van der Waals surface area (Å²) in [6.45, 7) is -0.305. The maximum Gasteiger partial charge on any atom is 0.232 e. The number of para-hydroxylation sites is 1. The van der Waals surface area contributed by atoms with E-state index >= 15 is 0 Å². The third kappa shape index (κ3) is 3.42. The lowest BCUT2D eigenvalue weighted by Crippen LogP contribution is -2.19. The molecular weight excluding hydrogens is 240 g/mol. The summed E-state index contributed by atoms with van der Waals surface area (Å²) in [5.41, 5.74) is -0.694. The molecule has 0 aliphatic heterocycles. The van der Waals surface area contributed by atoms with E-state index < -0.39 is 33.1 Å². The second-order valence-corrected chi connectivity index (χ2v) is 4.94. The first-order valence-corrected chi connectivity index (χ1v) is 6.17. The Balaban J connectivity index is 2.88. The van der Waals surface area contributed by atoms with Gasteiger partial charge in [0.25, 0.3) is 0 Å². The Hall–Kier alpha value is -1.21. The Bertz CT molecular complexity index is 442. The minimum Gasteiger partial charge on any atom is -0.396 e. The van der Waals surface area contributed by atoms with Crippen molar-refractivity contribution in [3.63, 3.8) is 0 Å². The highest BCUT2D eigenvalue weighted by Crippen LogP contribution is 2.19. The molecule has 1 aromatic rings. The zero-order valence-corrected chi connectivity index (χ0v) is 9.10. The molecule has 0 heterocycles. The minimum atomic E-state index is -3.83. The van der Waals surface area contributed by atoms with Crippen LogP contribution in [-0.2, 0) is 10.0 Å². The van der Waals surface area contributed by atoms with E-state index in [2.05, 4.69) is 0 Å². The molecule has 0 unspecified atom stereocenters. The largest absolute Gasteiger partial charge is 0.396 e. The van der Waals surface area contributed by atoms with Crippen molar-refractivity contribution in [2.24, 2.45) is 0 Å². The van der Waals surface area contributed by atoms with Gasteiger partial charge in [0.05, 0.1) is 5.75 Å². The smallest absolute Gasteiger partial charge is 0.232 e. The van der Waals surface area contributed by atoms with Crippen LogP contribution in [0.25, 0.3) is 0 Å². The Morgan fingerprint density at radius 2 is 1.81 bits per heavy atom. The molecule has 0 aliphatic carbocycles. The van der Waals surface area contributed by atoms with Crippen LogP contribution in [0.5, 0.6) is 0 Å². The molecule has 1 aromatic carbocycles. The van der Waals surface area contributed by atoms with Gasteiger partial charge < -0.3 is 5.11 Å². The summed E-state index contributed by atoms with van der Waals surface area (Å²) in [5.74, 6) is -2.35. The van der Waals surface area contributed by atoms with Gasteiger partial charge in [-0.15, -0.1) is 0 Å². The zero-order chi connectivity index (χ0) is 12.2. The molecule has 0 saturated carbocycles. The molecule has 90 valence electrons. The van der Waals surface area contributed by atoms with Crippen molar-refractivity contribution in [2.75, 3.05) is 17.1 Å². The van der Waals surface area contributed by atoms with Gasteiger partial charge in [-0.3, -0.25) is 4.72 Å². The summed E-state index contributed by atoms with van der Waals surface area (Å²) < 4.78 is 50.6. The first-order chi connectivity index (χ1) is 7.46. The van der Waals surface area contributed by atoms with Crippen LogP contribution in [0.4, 0.5) is 14.5 Å². The number of anilines is 1. The molecule has 2 N–H and O–H groups in total. The topological polar surface area (TPSA) is 66.4 Å². The van der Waals surface area contributed by atoms with Crippen molar-refractivity contribution < 1.29 is 22.3 Å². The lowest BCUT2D eigenvalue weighted by atomic mass is 10.3. The highest BCUT2D eigenvalue weighted by atomic mass is 32.2. The number of rotatable bonds is 5. The van der Waals surface area contributed by atoms with Crippen LogP contribution in [0.15, 0.2) is 18.2 Å².